The second-order valence-electron chi connectivity index (χ2n) is 6.01. The van der Waals surface area contributed by atoms with E-state index in [0.717, 1.165) is 24.7 Å². The molecule has 1 saturated heterocycles. The van der Waals surface area contributed by atoms with Gasteiger partial charge in [0.1, 0.15) is 5.65 Å². The van der Waals surface area contributed by atoms with Crippen molar-refractivity contribution < 1.29 is 0 Å². The standard InChI is InChI=1S/C16H24N4.2ClH/c1-13-5-6-16-18-15(12-20(16)9-13)11-19-7-3-4-14(10-19)8-17-2;;/h5-6,9,12,14,17H,3-4,7-8,10-11H2,1-2H3;2*1H. The summed E-state index contributed by atoms with van der Waals surface area (Å²) in [4.78, 5) is 7.27. The Kier molecular flexibility index (Phi) is 7.63. The van der Waals surface area contributed by atoms with E-state index in [9.17, 15) is 0 Å². The van der Waals surface area contributed by atoms with Crippen LogP contribution in [-0.4, -0.2) is 41.0 Å². The van der Waals surface area contributed by atoms with Crippen LogP contribution in [0, 0.1) is 12.8 Å². The van der Waals surface area contributed by atoms with Crippen LogP contribution in [0.4, 0.5) is 0 Å². The Morgan fingerprint density at radius 2 is 2.09 bits per heavy atom. The lowest BCUT2D eigenvalue weighted by atomic mass is 9.98. The van der Waals surface area contributed by atoms with E-state index in [4.69, 9.17) is 4.98 Å². The molecule has 1 atom stereocenters. The topological polar surface area (TPSA) is 32.6 Å². The number of fused-ring (bicyclic) bond motifs is 1. The second kappa shape index (κ2) is 8.73. The number of piperidine rings is 1. The number of nitrogens with one attached hydrogen (secondary N) is 1. The summed E-state index contributed by atoms with van der Waals surface area (Å²) < 4.78 is 2.14. The van der Waals surface area contributed by atoms with Crippen LogP contribution in [0.3, 0.4) is 0 Å². The van der Waals surface area contributed by atoms with Gasteiger partial charge < -0.3 is 9.72 Å². The Morgan fingerprint density at radius 3 is 2.86 bits per heavy atom. The Hall–Kier alpha value is -0.810. The van der Waals surface area contributed by atoms with E-state index in [1.165, 1.54) is 37.2 Å². The molecule has 0 saturated carbocycles. The molecule has 2 aromatic rings. The number of hydrogen-bond acceptors (Lipinski definition) is 3. The van der Waals surface area contributed by atoms with Crippen molar-refractivity contribution in [2.24, 2.45) is 5.92 Å². The molecular weight excluding hydrogens is 319 g/mol. The third-order valence-corrected chi connectivity index (χ3v) is 4.13. The van der Waals surface area contributed by atoms with E-state index < -0.39 is 0 Å². The van der Waals surface area contributed by atoms with Crippen LogP contribution in [0.2, 0.25) is 0 Å². The number of halogens is 2. The monoisotopic (exact) mass is 344 g/mol. The van der Waals surface area contributed by atoms with Crippen molar-refractivity contribution >= 4 is 30.5 Å². The molecule has 22 heavy (non-hydrogen) atoms. The zero-order valence-corrected chi connectivity index (χ0v) is 14.9. The summed E-state index contributed by atoms with van der Waals surface area (Å²) in [7, 11) is 2.05. The van der Waals surface area contributed by atoms with Gasteiger partial charge in [-0.2, -0.15) is 0 Å². The predicted octanol–water partition coefficient (Wildman–Crippen LogP) is 2.92. The van der Waals surface area contributed by atoms with Crippen LogP contribution >= 0.6 is 24.8 Å². The van der Waals surface area contributed by atoms with Gasteiger partial charge in [0, 0.05) is 25.5 Å². The average Bonchev–Trinajstić information content (AvgIpc) is 2.81. The summed E-state index contributed by atoms with van der Waals surface area (Å²) in [5.41, 5.74) is 3.50. The zero-order chi connectivity index (χ0) is 13.9. The molecular formula is C16H26Cl2N4. The molecule has 1 aliphatic rings. The van der Waals surface area contributed by atoms with Gasteiger partial charge in [0.2, 0.25) is 0 Å². The highest BCUT2D eigenvalue weighted by atomic mass is 35.5. The summed E-state index contributed by atoms with van der Waals surface area (Å²) in [6.45, 7) is 6.61. The molecule has 1 N–H and O–H groups in total. The van der Waals surface area contributed by atoms with Gasteiger partial charge in [0.25, 0.3) is 0 Å². The number of hydrogen-bond donors (Lipinski definition) is 1. The molecule has 6 heteroatoms. The minimum Gasteiger partial charge on any atom is -0.319 e. The summed E-state index contributed by atoms with van der Waals surface area (Å²) >= 11 is 0. The fraction of sp³-hybridized carbons (Fsp3) is 0.562. The first kappa shape index (κ1) is 19.2. The van der Waals surface area contributed by atoms with Crippen LogP contribution in [0.5, 0.6) is 0 Å². The van der Waals surface area contributed by atoms with Crippen molar-refractivity contribution in [3.63, 3.8) is 0 Å². The number of rotatable bonds is 4. The second-order valence-corrected chi connectivity index (χ2v) is 6.01. The minimum absolute atomic E-state index is 0. The van der Waals surface area contributed by atoms with Gasteiger partial charge in [-0.3, -0.25) is 4.90 Å². The molecule has 0 aromatic carbocycles. The van der Waals surface area contributed by atoms with E-state index in [1.54, 1.807) is 0 Å². The molecule has 0 spiro atoms. The Morgan fingerprint density at radius 1 is 1.27 bits per heavy atom. The highest BCUT2D eigenvalue weighted by molar-refractivity contribution is 5.85. The number of imidazole rings is 1. The van der Waals surface area contributed by atoms with E-state index in [1.807, 2.05) is 7.05 Å². The van der Waals surface area contributed by atoms with Crippen LogP contribution < -0.4 is 5.32 Å². The molecule has 0 aliphatic carbocycles. The third-order valence-electron chi connectivity index (χ3n) is 4.13. The van der Waals surface area contributed by atoms with E-state index in [2.05, 4.69) is 46.1 Å². The Bertz CT molecular complexity index is 583. The first-order valence-electron chi connectivity index (χ1n) is 7.56. The van der Waals surface area contributed by atoms with Crippen LogP contribution in [0.15, 0.2) is 24.5 Å². The molecule has 1 fully saturated rings. The molecule has 0 radical (unpaired) electrons. The quantitative estimate of drug-likeness (QED) is 0.925. The van der Waals surface area contributed by atoms with Gasteiger partial charge in [-0.25, -0.2) is 4.98 Å². The largest absolute Gasteiger partial charge is 0.319 e. The fourth-order valence-corrected chi connectivity index (χ4v) is 3.21. The van der Waals surface area contributed by atoms with Crippen LogP contribution in [0.1, 0.15) is 24.1 Å². The molecule has 2 aromatic heterocycles. The molecule has 1 aliphatic heterocycles. The van der Waals surface area contributed by atoms with Gasteiger partial charge in [-0.15, -0.1) is 24.8 Å². The third kappa shape index (κ3) is 4.59. The zero-order valence-electron chi connectivity index (χ0n) is 13.3. The molecule has 3 rings (SSSR count). The summed E-state index contributed by atoms with van der Waals surface area (Å²) in [5, 5.41) is 3.30. The van der Waals surface area contributed by atoms with Gasteiger partial charge in [-0.05, 0) is 57.5 Å². The molecule has 0 amide bonds. The van der Waals surface area contributed by atoms with E-state index in [0.29, 0.717) is 0 Å². The molecule has 1 unspecified atom stereocenters. The number of aromatic nitrogens is 2. The minimum atomic E-state index is 0. The lowest BCUT2D eigenvalue weighted by Crippen LogP contribution is -2.38. The van der Waals surface area contributed by atoms with E-state index in [-0.39, 0.29) is 24.8 Å². The van der Waals surface area contributed by atoms with Crippen LogP contribution in [0.25, 0.3) is 5.65 Å². The molecule has 3 heterocycles. The summed E-state index contributed by atoms with van der Waals surface area (Å²) in [5.74, 6) is 0.785. The molecule has 0 bridgehead atoms. The van der Waals surface area contributed by atoms with Crippen molar-refractivity contribution in [3.05, 3.63) is 35.8 Å². The number of likely N-dealkylation sites (tertiary alicyclic amines) is 1. The molecule has 124 valence electrons. The Labute approximate surface area is 145 Å². The van der Waals surface area contributed by atoms with Gasteiger partial charge in [-0.1, -0.05) is 6.07 Å². The van der Waals surface area contributed by atoms with Crippen molar-refractivity contribution in [2.45, 2.75) is 26.3 Å². The van der Waals surface area contributed by atoms with Crippen molar-refractivity contribution in [1.29, 1.82) is 0 Å². The number of aryl methyl sites for hydroxylation is 1. The van der Waals surface area contributed by atoms with Crippen LogP contribution in [-0.2, 0) is 6.54 Å². The first-order chi connectivity index (χ1) is 9.74. The normalized spacial score (nSPS) is 18.7. The average molecular weight is 345 g/mol. The van der Waals surface area contributed by atoms with Gasteiger partial charge >= 0.3 is 0 Å². The smallest absolute Gasteiger partial charge is 0.137 e. The summed E-state index contributed by atoms with van der Waals surface area (Å²) in [6, 6.07) is 4.22. The van der Waals surface area contributed by atoms with Crippen molar-refractivity contribution in [3.8, 4) is 0 Å². The number of pyridine rings is 1. The highest BCUT2D eigenvalue weighted by Crippen LogP contribution is 2.18. The first-order valence-corrected chi connectivity index (χ1v) is 7.56. The fourth-order valence-electron chi connectivity index (χ4n) is 3.21. The maximum atomic E-state index is 4.72. The van der Waals surface area contributed by atoms with Crippen molar-refractivity contribution in [2.75, 3.05) is 26.7 Å². The maximum Gasteiger partial charge on any atom is 0.137 e. The van der Waals surface area contributed by atoms with Crippen molar-refractivity contribution in [1.82, 2.24) is 19.6 Å². The predicted molar refractivity (Wildman–Crippen MR) is 96.4 cm³/mol. The van der Waals surface area contributed by atoms with Gasteiger partial charge in [0.15, 0.2) is 0 Å². The number of nitrogens with zero attached hydrogens (tertiary/aromatic N) is 3. The van der Waals surface area contributed by atoms with E-state index >= 15 is 0 Å². The summed E-state index contributed by atoms with van der Waals surface area (Å²) in [6.07, 6.45) is 6.97. The maximum absolute atomic E-state index is 4.72. The SMILES string of the molecule is CNCC1CCCN(Cc2cn3cc(C)ccc3n2)C1.Cl.Cl. The van der Waals surface area contributed by atoms with Gasteiger partial charge in [0.05, 0.1) is 5.69 Å². The lowest BCUT2D eigenvalue weighted by molar-refractivity contribution is 0.165. The lowest BCUT2D eigenvalue weighted by Gasteiger charge is -2.32. The molecule has 4 nitrogen and oxygen atoms in total. The highest BCUT2D eigenvalue weighted by Gasteiger charge is 2.20. The Balaban J connectivity index is 0.00000121.